The van der Waals surface area contributed by atoms with E-state index in [1.807, 2.05) is 36.5 Å². The lowest BCUT2D eigenvalue weighted by molar-refractivity contribution is -0.914. The van der Waals surface area contributed by atoms with Gasteiger partial charge in [-0.05, 0) is 35.9 Å². The van der Waals surface area contributed by atoms with Crippen molar-refractivity contribution < 1.29 is 14.4 Å². The van der Waals surface area contributed by atoms with E-state index in [0.717, 1.165) is 55.6 Å². The van der Waals surface area contributed by atoms with Gasteiger partial charge in [0.2, 0.25) is 0 Å². The number of anilines is 1. The van der Waals surface area contributed by atoms with Crippen LogP contribution in [-0.4, -0.2) is 38.3 Å². The van der Waals surface area contributed by atoms with Crippen molar-refractivity contribution in [3.05, 3.63) is 84.1 Å². The Labute approximate surface area is 172 Å². The average molecular weight is 391 g/mol. The Morgan fingerprint density at radius 1 is 0.897 bits per heavy atom. The van der Waals surface area contributed by atoms with Gasteiger partial charge >= 0.3 is 0 Å². The molecule has 1 fully saturated rings. The van der Waals surface area contributed by atoms with E-state index in [2.05, 4.69) is 46.3 Å². The fourth-order valence-electron chi connectivity index (χ4n) is 3.73. The van der Waals surface area contributed by atoms with Crippen molar-refractivity contribution in [3.8, 4) is 11.5 Å². The first-order valence-electron chi connectivity index (χ1n) is 10.1. The number of nitrogens with zero attached hydrogens (tertiary/aromatic N) is 2. The van der Waals surface area contributed by atoms with Crippen LogP contribution >= 0.6 is 0 Å². The van der Waals surface area contributed by atoms with Gasteiger partial charge in [-0.1, -0.05) is 36.4 Å². The zero-order valence-corrected chi connectivity index (χ0v) is 16.9. The summed E-state index contributed by atoms with van der Waals surface area (Å²) in [5.74, 6) is 2.66. The van der Waals surface area contributed by atoms with Crippen molar-refractivity contribution in [3.63, 3.8) is 0 Å². The van der Waals surface area contributed by atoms with E-state index >= 15 is 0 Å². The SMILES string of the molecule is COc1cc(C[NH+]2CCN(c3ccccn3)CC2)ccc1OCc1ccccc1. The molecule has 1 N–H and O–H groups in total. The van der Waals surface area contributed by atoms with Gasteiger partial charge in [-0.25, -0.2) is 4.98 Å². The summed E-state index contributed by atoms with van der Waals surface area (Å²) >= 11 is 0. The number of piperazine rings is 1. The molecule has 0 aliphatic carbocycles. The predicted molar refractivity (Wildman–Crippen MR) is 115 cm³/mol. The zero-order valence-electron chi connectivity index (χ0n) is 16.9. The first-order valence-corrected chi connectivity index (χ1v) is 10.1. The normalized spacial score (nSPS) is 14.6. The second-order valence-corrected chi connectivity index (χ2v) is 7.36. The molecule has 2 heterocycles. The average Bonchev–Trinajstić information content (AvgIpc) is 2.80. The highest BCUT2D eigenvalue weighted by molar-refractivity contribution is 5.43. The van der Waals surface area contributed by atoms with Gasteiger partial charge in [-0.15, -0.1) is 0 Å². The third-order valence-corrected chi connectivity index (χ3v) is 5.36. The zero-order chi connectivity index (χ0) is 19.9. The molecule has 1 aliphatic heterocycles. The first-order chi connectivity index (χ1) is 14.3. The molecule has 0 unspecified atom stereocenters. The van der Waals surface area contributed by atoms with Crippen molar-refractivity contribution in [2.24, 2.45) is 0 Å². The van der Waals surface area contributed by atoms with Crippen molar-refractivity contribution >= 4 is 5.82 Å². The number of rotatable bonds is 7. The Hall–Kier alpha value is -3.05. The van der Waals surface area contributed by atoms with E-state index in [0.29, 0.717) is 6.61 Å². The number of hydrogen-bond donors (Lipinski definition) is 1. The van der Waals surface area contributed by atoms with E-state index in [9.17, 15) is 0 Å². The summed E-state index contributed by atoms with van der Waals surface area (Å²) in [4.78, 5) is 8.42. The molecule has 29 heavy (non-hydrogen) atoms. The van der Waals surface area contributed by atoms with Crippen molar-refractivity contribution in [2.75, 3.05) is 38.2 Å². The summed E-state index contributed by atoms with van der Waals surface area (Å²) in [7, 11) is 1.70. The topological polar surface area (TPSA) is 39.0 Å². The molecule has 0 saturated carbocycles. The van der Waals surface area contributed by atoms with Crippen LogP contribution in [0.1, 0.15) is 11.1 Å². The minimum absolute atomic E-state index is 0.539. The van der Waals surface area contributed by atoms with Crippen LogP contribution in [0.5, 0.6) is 11.5 Å². The molecular weight excluding hydrogens is 362 g/mol. The maximum absolute atomic E-state index is 5.98. The van der Waals surface area contributed by atoms with Gasteiger partial charge in [0.25, 0.3) is 0 Å². The lowest BCUT2D eigenvalue weighted by Gasteiger charge is -2.33. The summed E-state index contributed by atoms with van der Waals surface area (Å²) in [5, 5.41) is 0. The molecule has 1 aromatic heterocycles. The molecule has 150 valence electrons. The molecule has 0 spiro atoms. The van der Waals surface area contributed by atoms with Crippen LogP contribution in [0.15, 0.2) is 72.9 Å². The molecule has 0 bridgehead atoms. The highest BCUT2D eigenvalue weighted by atomic mass is 16.5. The van der Waals surface area contributed by atoms with Crippen LogP contribution in [0.25, 0.3) is 0 Å². The Balaban J connectivity index is 1.33. The third kappa shape index (κ3) is 5.06. The van der Waals surface area contributed by atoms with E-state index < -0.39 is 0 Å². The highest BCUT2D eigenvalue weighted by Crippen LogP contribution is 2.28. The van der Waals surface area contributed by atoms with Crippen molar-refractivity contribution in [1.82, 2.24) is 4.98 Å². The van der Waals surface area contributed by atoms with Crippen molar-refractivity contribution in [2.45, 2.75) is 13.2 Å². The van der Waals surface area contributed by atoms with Gasteiger partial charge in [-0.3, -0.25) is 0 Å². The third-order valence-electron chi connectivity index (χ3n) is 5.36. The summed E-state index contributed by atoms with van der Waals surface area (Å²) in [6.07, 6.45) is 1.86. The number of hydrogen-bond acceptors (Lipinski definition) is 4. The largest absolute Gasteiger partial charge is 0.493 e. The predicted octanol–water partition coefficient (Wildman–Crippen LogP) is 2.57. The second kappa shape index (κ2) is 9.43. The van der Waals surface area contributed by atoms with E-state index in [1.165, 1.54) is 5.56 Å². The molecule has 1 aliphatic rings. The quantitative estimate of drug-likeness (QED) is 0.673. The molecule has 3 aromatic rings. The van der Waals surface area contributed by atoms with Crippen molar-refractivity contribution in [1.29, 1.82) is 0 Å². The first kappa shape index (κ1) is 19.3. The minimum Gasteiger partial charge on any atom is -0.493 e. The maximum Gasteiger partial charge on any atom is 0.161 e. The number of benzene rings is 2. The van der Waals surface area contributed by atoms with Gasteiger partial charge in [0, 0.05) is 11.8 Å². The fraction of sp³-hybridized carbons (Fsp3) is 0.292. The molecule has 2 aromatic carbocycles. The molecular formula is C24H28N3O2+. The summed E-state index contributed by atoms with van der Waals surface area (Å²) < 4.78 is 11.6. The Bertz CT molecular complexity index is 895. The van der Waals surface area contributed by atoms with Crippen LogP contribution in [0.4, 0.5) is 5.82 Å². The van der Waals surface area contributed by atoms with Gasteiger partial charge in [0.15, 0.2) is 11.5 Å². The highest BCUT2D eigenvalue weighted by Gasteiger charge is 2.21. The Morgan fingerprint density at radius 2 is 1.69 bits per heavy atom. The molecule has 0 atom stereocenters. The van der Waals surface area contributed by atoms with Crippen LogP contribution in [0, 0.1) is 0 Å². The van der Waals surface area contributed by atoms with E-state index in [4.69, 9.17) is 9.47 Å². The number of quaternary nitrogens is 1. The monoisotopic (exact) mass is 390 g/mol. The Kier molecular flexibility index (Phi) is 6.27. The number of methoxy groups -OCH3 is 1. The second-order valence-electron chi connectivity index (χ2n) is 7.36. The smallest absolute Gasteiger partial charge is 0.161 e. The molecule has 0 amide bonds. The van der Waals surface area contributed by atoms with Crippen LogP contribution < -0.4 is 19.3 Å². The lowest BCUT2D eigenvalue weighted by atomic mass is 10.1. The van der Waals surface area contributed by atoms with Crippen LogP contribution in [0.2, 0.25) is 0 Å². The van der Waals surface area contributed by atoms with Gasteiger partial charge in [-0.2, -0.15) is 0 Å². The fourth-order valence-corrected chi connectivity index (χ4v) is 3.73. The number of pyridine rings is 1. The Morgan fingerprint density at radius 3 is 2.41 bits per heavy atom. The van der Waals surface area contributed by atoms with Gasteiger partial charge in [0.05, 0.1) is 33.3 Å². The van der Waals surface area contributed by atoms with Crippen LogP contribution in [-0.2, 0) is 13.2 Å². The standard InChI is InChI=1S/C24H27N3O2/c1-28-23-17-21(10-11-22(23)29-19-20-7-3-2-4-8-20)18-26-13-15-27(16-14-26)24-9-5-6-12-25-24/h2-12,17H,13-16,18-19H2,1H3/p+1. The summed E-state index contributed by atoms with van der Waals surface area (Å²) in [5.41, 5.74) is 2.42. The van der Waals surface area contributed by atoms with Gasteiger partial charge < -0.3 is 19.3 Å². The van der Waals surface area contributed by atoms with Gasteiger partial charge in [0.1, 0.15) is 19.0 Å². The molecule has 5 heteroatoms. The maximum atomic E-state index is 5.98. The number of nitrogens with one attached hydrogen (secondary N) is 1. The molecule has 5 nitrogen and oxygen atoms in total. The summed E-state index contributed by atoms with van der Waals surface area (Å²) in [6.45, 7) is 5.79. The molecule has 0 radical (unpaired) electrons. The van der Waals surface area contributed by atoms with E-state index in [1.54, 1.807) is 12.0 Å². The number of ether oxygens (including phenoxy) is 2. The van der Waals surface area contributed by atoms with Crippen LogP contribution in [0.3, 0.4) is 0 Å². The molecule has 4 rings (SSSR count). The molecule has 1 saturated heterocycles. The lowest BCUT2D eigenvalue weighted by Crippen LogP contribution is -3.13. The van der Waals surface area contributed by atoms with E-state index in [-0.39, 0.29) is 0 Å². The minimum atomic E-state index is 0.539. The summed E-state index contributed by atoms with van der Waals surface area (Å²) in [6, 6.07) is 22.6. The number of aromatic nitrogens is 1.